The minimum atomic E-state index is 0.822. The van der Waals surface area contributed by atoms with Crippen molar-refractivity contribution in [2.24, 2.45) is 0 Å². The third-order valence-corrected chi connectivity index (χ3v) is 2.00. The zero-order valence-electron chi connectivity index (χ0n) is 7.90. The predicted molar refractivity (Wildman–Crippen MR) is 55.1 cm³/mol. The Balaban J connectivity index is 2.51. The highest BCUT2D eigenvalue weighted by Crippen LogP contribution is 2.27. The Labute approximate surface area is 83.2 Å². The first-order valence-electron chi connectivity index (χ1n) is 4.37. The second kappa shape index (κ2) is 3.92. The molecule has 0 saturated heterocycles. The van der Waals surface area contributed by atoms with Crippen LogP contribution >= 0.6 is 0 Å². The summed E-state index contributed by atoms with van der Waals surface area (Å²) >= 11 is 0. The van der Waals surface area contributed by atoms with Gasteiger partial charge in [0.2, 0.25) is 0 Å². The zero-order valence-corrected chi connectivity index (χ0v) is 7.90. The molecule has 2 heteroatoms. The lowest BCUT2D eigenvalue weighted by Gasteiger charge is -2.06. The Bertz CT molecular complexity index is 412. The van der Waals surface area contributed by atoms with E-state index in [9.17, 15) is 0 Å². The van der Waals surface area contributed by atoms with Crippen molar-refractivity contribution < 1.29 is 4.74 Å². The Morgan fingerprint density at radius 3 is 2.93 bits per heavy atom. The van der Waals surface area contributed by atoms with Gasteiger partial charge in [0.25, 0.3) is 0 Å². The van der Waals surface area contributed by atoms with Crippen LogP contribution in [0.25, 0.3) is 11.1 Å². The van der Waals surface area contributed by atoms with Crippen LogP contribution in [0.1, 0.15) is 0 Å². The average molecular weight is 184 g/mol. The minimum absolute atomic E-state index is 0.822. The monoisotopic (exact) mass is 184 g/mol. The molecule has 0 saturated carbocycles. The number of hydrogen-bond acceptors (Lipinski definition) is 2. The van der Waals surface area contributed by atoms with E-state index in [2.05, 4.69) is 11.1 Å². The molecule has 2 nitrogen and oxygen atoms in total. The fraction of sp³-hybridized carbons (Fsp3) is 0.0833. The Kier molecular flexibility index (Phi) is 2.45. The molecule has 0 amide bonds. The lowest BCUT2D eigenvalue weighted by Crippen LogP contribution is -1.88. The Hall–Kier alpha value is -1.83. The normalized spacial score (nSPS) is 9.79. The van der Waals surface area contributed by atoms with Crippen molar-refractivity contribution in [2.75, 3.05) is 7.11 Å². The van der Waals surface area contributed by atoms with Crippen molar-refractivity contribution in [3.63, 3.8) is 0 Å². The molecule has 2 rings (SSSR count). The number of rotatable bonds is 2. The number of aromatic nitrogens is 1. The molecule has 1 aromatic heterocycles. The molecule has 0 aliphatic carbocycles. The van der Waals surface area contributed by atoms with Gasteiger partial charge in [0.15, 0.2) is 0 Å². The van der Waals surface area contributed by atoms with Gasteiger partial charge in [-0.05, 0) is 17.7 Å². The van der Waals surface area contributed by atoms with Crippen LogP contribution in [0.15, 0.2) is 42.7 Å². The summed E-state index contributed by atoms with van der Waals surface area (Å²) in [6, 6.07) is 12.8. The summed E-state index contributed by atoms with van der Waals surface area (Å²) in [6.45, 7) is 0. The van der Waals surface area contributed by atoms with Gasteiger partial charge >= 0.3 is 0 Å². The first-order valence-corrected chi connectivity index (χ1v) is 4.37. The molecule has 0 spiro atoms. The van der Waals surface area contributed by atoms with Crippen molar-refractivity contribution in [3.05, 3.63) is 48.8 Å². The summed E-state index contributed by atoms with van der Waals surface area (Å²) in [5, 5.41) is 0. The lowest BCUT2D eigenvalue weighted by atomic mass is 10.1. The van der Waals surface area contributed by atoms with Crippen LogP contribution in [-0.4, -0.2) is 12.1 Å². The summed E-state index contributed by atoms with van der Waals surface area (Å²) in [7, 11) is 1.65. The van der Waals surface area contributed by atoms with Gasteiger partial charge in [0.1, 0.15) is 5.75 Å². The van der Waals surface area contributed by atoms with Crippen LogP contribution in [0.3, 0.4) is 0 Å². The van der Waals surface area contributed by atoms with Crippen molar-refractivity contribution in [1.82, 2.24) is 4.98 Å². The van der Waals surface area contributed by atoms with Crippen molar-refractivity contribution >= 4 is 0 Å². The molecule has 0 aliphatic rings. The van der Waals surface area contributed by atoms with Gasteiger partial charge in [-0.1, -0.05) is 24.3 Å². The number of benzene rings is 1. The van der Waals surface area contributed by atoms with E-state index in [0.29, 0.717) is 0 Å². The molecule has 0 unspecified atom stereocenters. The zero-order chi connectivity index (χ0) is 9.80. The van der Waals surface area contributed by atoms with Crippen molar-refractivity contribution in [1.29, 1.82) is 0 Å². The van der Waals surface area contributed by atoms with Gasteiger partial charge in [-0.2, -0.15) is 0 Å². The summed E-state index contributed by atoms with van der Waals surface area (Å²) in [4.78, 5) is 4.07. The summed E-state index contributed by atoms with van der Waals surface area (Å²) < 4.78 is 5.24. The number of hydrogen-bond donors (Lipinski definition) is 0. The molecule has 2 aromatic rings. The highest BCUT2D eigenvalue weighted by Gasteiger charge is 2.03. The van der Waals surface area contributed by atoms with E-state index >= 15 is 0 Å². The van der Waals surface area contributed by atoms with E-state index in [0.717, 1.165) is 16.9 Å². The lowest BCUT2D eigenvalue weighted by molar-refractivity contribution is 0.416. The smallest absolute Gasteiger partial charge is 0.129 e. The molecule has 0 N–H and O–H groups in total. The van der Waals surface area contributed by atoms with Crippen LogP contribution in [0.4, 0.5) is 0 Å². The summed E-state index contributed by atoms with van der Waals surface area (Å²) in [6.07, 6.45) is 3.50. The van der Waals surface area contributed by atoms with Gasteiger partial charge in [-0.15, -0.1) is 0 Å². The van der Waals surface area contributed by atoms with Crippen molar-refractivity contribution in [3.8, 4) is 16.9 Å². The SMILES string of the molecule is COc1ccncc1-c1[c]cccc1. The second-order valence-corrected chi connectivity index (χ2v) is 2.85. The number of methoxy groups -OCH3 is 1. The molecule has 14 heavy (non-hydrogen) atoms. The molecule has 0 bridgehead atoms. The van der Waals surface area contributed by atoms with Gasteiger partial charge in [-0.25, -0.2) is 0 Å². The van der Waals surface area contributed by atoms with Crippen molar-refractivity contribution in [2.45, 2.75) is 0 Å². The minimum Gasteiger partial charge on any atom is -0.496 e. The molecule has 0 fully saturated rings. The Morgan fingerprint density at radius 2 is 2.21 bits per heavy atom. The molecule has 1 heterocycles. The molecule has 1 aromatic carbocycles. The van der Waals surface area contributed by atoms with E-state index in [-0.39, 0.29) is 0 Å². The van der Waals surface area contributed by atoms with Crippen LogP contribution in [-0.2, 0) is 0 Å². The standard InChI is InChI=1S/C12H10NO/c1-14-12-7-8-13-9-11(12)10-5-3-2-4-6-10/h2-5,7-9H,1H3. The average Bonchev–Trinajstić information content (AvgIpc) is 2.30. The maximum atomic E-state index is 5.24. The fourth-order valence-corrected chi connectivity index (χ4v) is 1.32. The molecule has 0 aliphatic heterocycles. The number of nitrogens with zero attached hydrogens (tertiary/aromatic N) is 1. The fourth-order valence-electron chi connectivity index (χ4n) is 1.32. The van der Waals surface area contributed by atoms with Gasteiger partial charge in [0.05, 0.1) is 7.11 Å². The maximum absolute atomic E-state index is 5.24. The molecular weight excluding hydrogens is 174 g/mol. The summed E-state index contributed by atoms with van der Waals surface area (Å²) in [5.41, 5.74) is 1.97. The van der Waals surface area contributed by atoms with E-state index < -0.39 is 0 Å². The van der Waals surface area contributed by atoms with Crippen LogP contribution in [0.2, 0.25) is 0 Å². The molecule has 0 atom stereocenters. The van der Waals surface area contributed by atoms with Gasteiger partial charge < -0.3 is 4.74 Å². The molecular formula is C12H10NO. The second-order valence-electron chi connectivity index (χ2n) is 2.85. The number of ether oxygens (including phenoxy) is 1. The highest BCUT2D eigenvalue weighted by molar-refractivity contribution is 5.68. The van der Waals surface area contributed by atoms with E-state index in [4.69, 9.17) is 4.74 Å². The van der Waals surface area contributed by atoms with E-state index in [1.165, 1.54) is 0 Å². The largest absolute Gasteiger partial charge is 0.496 e. The quantitative estimate of drug-likeness (QED) is 0.715. The van der Waals surface area contributed by atoms with E-state index in [1.807, 2.05) is 30.3 Å². The van der Waals surface area contributed by atoms with Crippen LogP contribution in [0.5, 0.6) is 5.75 Å². The molecule has 1 radical (unpaired) electrons. The maximum Gasteiger partial charge on any atom is 0.129 e. The first kappa shape index (κ1) is 8.75. The predicted octanol–water partition coefficient (Wildman–Crippen LogP) is 2.56. The van der Waals surface area contributed by atoms with E-state index in [1.54, 1.807) is 19.5 Å². The van der Waals surface area contributed by atoms with Gasteiger partial charge in [0, 0.05) is 18.0 Å². The topological polar surface area (TPSA) is 22.1 Å². The first-order chi connectivity index (χ1) is 6.92. The Morgan fingerprint density at radius 1 is 1.29 bits per heavy atom. The summed E-state index contributed by atoms with van der Waals surface area (Å²) in [5.74, 6) is 0.822. The van der Waals surface area contributed by atoms with Gasteiger partial charge in [-0.3, -0.25) is 4.98 Å². The van der Waals surface area contributed by atoms with Crippen LogP contribution < -0.4 is 4.74 Å². The van der Waals surface area contributed by atoms with Crippen LogP contribution in [0, 0.1) is 6.07 Å². The molecule has 69 valence electrons. The third kappa shape index (κ3) is 1.59. The third-order valence-electron chi connectivity index (χ3n) is 2.00. The highest BCUT2D eigenvalue weighted by atomic mass is 16.5. The number of pyridine rings is 1.